The molecule has 2 saturated heterocycles. The van der Waals surface area contributed by atoms with E-state index in [1.165, 1.54) is 48.1 Å². The maximum atomic E-state index is 14.1. The number of anilines is 1. The molecule has 1 aromatic carbocycles. The second kappa shape index (κ2) is 14.1. The van der Waals surface area contributed by atoms with E-state index in [9.17, 15) is 32.7 Å². The van der Waals surface area contributed by atoms with Gasteiger partial charge in [0.2, 0.25) is 5.91 Å². The zero-order valence-corrected chi connectivity index (χ0v) is 29.1. The zero-order chi connectivity index (χ0) is 36.7. The van der Waals surface area contributed by atoms with Crippen LogP contribution in [0.1, 0.15) is 45.1 Å². The molecule has 270 valence electrons. The number of benzene rings is 1. The molecule has 17 heteroatoms. The average molecular weight is 729 g/mol. The number of alkyl halides is 3. The van der Waals surface area contributed by atoms with E-state index in [1.807, 2.05) is 4.90 Å². The first-order chi connectivity index (χ1) is 24.1. The van der Waals surface area contributed by atoms with E-state index in [2.05, 4.69) is 34.5 Å². The summed E-state index contributed by atoms with van der Waals surface area (Å²) in [4.78, 5) is 51.4. The number of piperazine rings is 1. The number of halogens is 4. The Balaban J connectivity index is 1.11. The van der Waals surface area contributed by atoms with Crippen LogP contribution in [-0.2, 0) is 24.6 Å². The molecule has 2 fully saturated rings. The molecule has 13 nitrogen and oxygen atoms in total. The smallest absolute Gasteiger partial charge is 0.392 e. The number of aromatic nitrogens is 5. The maximum Gasteiger partial charge on any atom is 0.435 e. The Labute approximate surface area is 296 Å². The van der Waals surface area contributed by atoms with Crippen molar-refractivity contribution in [2.45, 2.75) is 25.6 Å². The lowest BCUT2D eigenvalue weighted by Gasteiger charge is -2.40. The number of nitrogens with one attached hydrogen (secondary N) is 1. The molecule has 0 radical (unpaired) electrons. The Morgan fingerprint density at radius 2 is 1.69 bits per heavy atom. The molecule has 3 aromatic heterocycles. The van der Waals surface area contributed by atoms with Gasteiger partial charge in [-0.3, -0.25) is 14.4 Å². The number of aliphatic hydroxyl groups is 1. The molecule has 0 unspecified atom stereocenters. The van der Waals surface area contributed by atoms with Gasteiger partial charge in [-0.1, -0.05) is 17.7 Å². The van der Waals surface area contributed by atoms with Crippen LogP contribution in [0.2, 0.25) is 5.02 Å². The summed E-state index contributed by atoms with van der Waals surface area (Å²) in [6.45, 7) is 3.27. The number of likely N-dealkylation sites (tertiary alicyclic amines) is 1. The van der Waals surface area contributed by atoms with Gasteiger partial charge in [0.15, 0.2) is 17.3 Å². The number of hydrogen-bond donors (Lipinski definition) is 2. The third kappa shape index (κ3) is 7.62. The van der Waals surface area contributed by atoms with E-state index >= 15 is 0 Å². The van der Waals surface area contributed by atoms with Gasteiger partial charge in [-0.25, -0.2) is 14.6 Å². The van der Waals surface area contributed by atoms with E-state index in [0.717, 1.165) is 47.5 Å². The summed E-state index contributed by atoms with van der Waals surface area (Å²) in [5.41, 5.74) is -0.576. The van der Waals surface area contributed by atoms with Gasteiger partial charge < -0.3 is 29.3 Å². The fourth-order valence-corrected chi connectivity index (χ4v) is 6.69. The van der Waals surface area contributed by atoms with Crippen molar-refractivity contribution < 1.29 is 37.1 Å². The molecule has 5 heterocycles. The van der Waals surface area contributed by atoms with E-state index in [-0.39, 0.29) is 63.5 Å². The topological polar surface area (TPSA) is 138 Å². The zero-order valence-electron chi connectivity index (χ0n) is 28.3. The standard InChI is InChI=1S/C34H37ClF3N9O4/c1-43-27(25-19-46(42-29(25)34(36,37)38)28-7-4-21(20-48)17-39-28)18-40-30(43)31(49)41-23-5-6-24(26(35)16-23)33(51)45-12-10-44(11-13-45)32(50)22-8-14-47(2,3)15-9-22/h4-7,16-19,22,48H,8-15,20H2,1-3H3/p+1. The van der Waals surface area contributed by atoms with Crippen molar-refractivity contribution in [3.63, 3.8) is 0 Å². The number of imidazole rings is 1. The summed E-state index contributed by atoms with van der Waals surface area (Å²) in [5.74, 6) is -0.935. The minimum absolute atomic E-state index is 0.0174. The molecular weight excluding hydrogens is 691 g/mol. The number of hydrogen-bond acceptors (Lipinski definition) is 7. The summed E-state index contributed by atoms with van der Waals surface area (Å²) in [6, 6.07) is 7.36. The molecule has 0 spiro atoms. The molecule has 3 amide bonds. The number of amides is 3. The number of carbonyl (C=O) groups excluding carboxylic acids is 3. The molecular formula is C34H38ClF3N9O4+. The summed E-state index contributed by atoms with van der Waals surface area (Å²) >= 11 is 6.50. The van der Waals surface area contributed by atoms with Crippen LogP contribution < -0.4 is 5.32 Å². The quantitative estimate of drug-likeness (QED) is 0.276. The van der Waals surface area contributed by atoms with Crippen LogP contribution in [0.5, 0.6) is 0 Å². The van der Waals surface area contributed by atoms with E-state index in [0.29, 0.717) is 31.7 Å². The molecule has 0 saturated carbocycles. The second-order valence-corrected chi connectivity index (χ2v) is 13.9. The number of pyridine rings is 1. The molecule has 51 heavy (non-hydrogen) atoms. The fraction of sp³-hybridized carbons (Fsp3) is 0.412. The van der Waals surface area contributed by atoms with Crippen LogP contribution in [0.15, 0.2) is 48.9 Å². The average Bonchev–Trinajstić information content (AvgIpc) is 3.72. The van der Waals surface area contributed by atoms with Gasteiger partial charge in [0.05, 0.1) is 61.8 Å². The van der Waals surface area contributed by atoms with E-state index < -0.39 is 17.8 Å². The molecule has 4 aromatic rings. The number of quaternary nitrogens is 1. The van der Waals surface area contributed by atoms with E-state index in [1.54, 1.807) is 4.90 Å². The number of rotatable bonds is 7. The van der Waals surface area contributed by atoms with Crippen LogP contribution in [0.25, 0.3) is 17.1 Å². The second-order valence-electron chi connectivity index (χ2n) is 13.5. The predicted octanol–water partition coefficient (Wildman–Crippen LogP) is 3.86. The molecule has 6 rings (SSSR count). The first kappa shape index (κ1) is 36.0. The van der Waals surface area contributed by atoms with Crippen LogP contribution >= 0.6 is 11.6 Å². The van der Waals surface area contributed by atoms with Gasteiger partial charge in [0.1, 0.15) is 0 Å². The fourth-order valence-electron chi connectivity index (χ4n) is 6.43. The lowest BCUT2D eigenvalue weighted by atomic mass is 9.94. The summed E-state index contributed by atoms with van der Waals surface area (Å²) in [5, 5.41) is 15.7. The van der Waals surface area contributed by atoms with E-state index in [4.69, 9.17) is 11.6 Å². The van der Waals surface area contributed by atoms with Crippen molar-refractivity contribution in [1.29, 1.82) is 0 Å². The third-order valence-electron chi connectivity index (χ3n) is 9.53. The Kier molecular flexibility index (Phi) is 9.94. The highest BCUT2D eigenvalue weighted by molar-refractivity contribution is 6.34. The predicted molar refractivity (Wildman–Crippen MR) is 181 cm³/mol. The molecule has 2 aliphatic heterocycles. The van der Waals surface area contributed by atoms with Crippen molar-refractivity contribution in [3.05, 3.63) is 76.6 Å². The lowest BCUT2D eigenvalue weighted by molar-refractivity contribution is -0.895. The summed E-state index contributed by atoms with van der Waals surface area (Å²) in [7, 11) is 5.75. The minimum Gasteiger partial charge on any atom is -0.392 e. The Bertz CT molecular complexity index is 1940. The SMILES string of the molecule is Cn1c(-c2cn(-c3ccc(CO)cn3)nc2C(F)(F)F)cnc1C(=O)Nc1ccc(C(=O)N2CCN(C(=O)C3CC[N+](C)(C)CC3)CC2)c(Cl)c1. The molecule has 0 aliphatic carbocycles. The van der Waals surface area contributed by atoms with Crippen LogP contribution in [0.4, 0.5) is 18.9 Å². The Morgan fingerprint density at radius 1 is 1.00 bits per heavy atom. The number of nitrogens with zero attached hydrogens (tertiary/aromatic N) is 8. The van der Waals surface area contributed by atoms with Gasteiger partial charge in [-0.15, -0.1) is 0 Å². The van der Waals surface area contributed by atoms with Crippen LogP contribution in [0.3, 0.4) is 0 Å². The summed E-state index contributed by atoms with van der Waals surface area (Å²) < 4.78 is 45.3. The van der Waals surface area contributed by atoms with Gasteiger partial charge in [-0.2, -0.15) is 18.3 Å². The highest BCUT2D eigenvalue weighted by Crippen LogP contribution is 2.37. The van der Waals surface area contributed by atoms with Crippen LogP contribution in [0, 0.1) is 5.92 Å². The van der Waals surface area contributed by atoms with Gasteiger partial charge in [-0.05, 0) is 29.8 Å². The molecule has 0 bridgehead atoms. The van der Waals surface area contributed by atoms with Crippen molar-refractivity contribution in [2.75, 3.05) is 58.7 Å². The monoisotopic (exact) mass is 728 g/mol. The Morgan fingerprint density at radius 3 is 2.29 bits per heavy atom. The first-order valence-corrected chi connectivity index (χ1v) is 16.8. The third-order valence-corrected chi connectivity index (χ3v) is 9.84. The van der Waals surface area contributed by atoms with Gasteiger partial charge in [0, 0.05) is 70.1 Å². The van der Waals surface area contributed by atoms with Crippen molar-refractivity contribution in [1.82, 2.24) is 34.1 Å². The largest absolute Gasteiger partial charge is 0.435 e. The van der Waals surface area contributed by atoms with Crippen LogP contribution in [-0.4, -0.2) is 115 Å². The van der Waals surface area contributed by atoms with Gasteiger partial charge >= 0.3 is 6.18 Å². The van der Waals surface area contributed by atoms with Crippen molar-refractivity contribution >= 4 is 35.0 Å². The van der Waals surface area contributed by atoms with Gasteiger partial charge in [0.25, 0.3) is 11.8 Å². The number of piperidine rings is 1. The highest BCUT2D eigenvalue weighted by Gasteiger charge is 2.39. The lowest BCUT2D eigenvalue weighted by Crippen LogP contribution is -2.54. The number of carbonyl (C=O) groups is 3. The normalized spacial score (nSPS) is 16.7. The highest BCUT2D eigenvalue weighted by atomic mass is 35.5. The number of aliphatic hydroxyl groups excluding tert-OH is 1. The molecule has 2 aliphatic rings. The minimum atomic E-state index is -4.83. The maximum absolute atomic E-state index is 14.1. The van der Waals surface area contributed by atoms with Crippen molar-refractivity contribution in [3.8, 4) is 17.1 Å². The Hall–Kier alpha value is -4.80. The summed E-state index contributed by atoms with van der Waals surface area (Å²) in [6.07, 6.45) is 0.503. The van der Waals surface area contributed by atoms with Crippen molar-refractivity contribution in [2.24, 2.45) is 13.0 Å². The molecule has 0 atom stereocenters. The molecule has 2 N–H and O–H groups in total. The first-order valence-electron chi connectivity index (χ1n) is 16.4.